The van der Waals surface area contributed by atoms with E-state index < -0.39 is 17.7 Å². The summed E-state index contributed by atoms with van der Waals surface area (Å²) < 4.78 is 23.9. The molecule has 0 bridgehead atoms. The van der Waals surface area contributed by atoms with Crippen LogP contribution in [0.15, 0.2) is 58.1 Å². The van der Waals surface area contributed by atoms with Crippen molar-refractivity contribution in [2.24, 2.45) is 10.1 Å². The van der Waals surface area contributed by atoms with E-state index in [9.17, 15) is 14.0 Å². The monoisotopic (exact) mass is 522 g/mol. The summed E-state index contributed by atoms with van der Waals surface area (Å²) in [5, 5.41) is 15.7. The molecular weight excluding hydrogens is 495 g/mol. The minimum absolute atomic E-state index is 0.0470. The third-order valence-electron chi connectivity index (χ3n) is 5.77. The first-order valence-corrected chi connectivity index (χ1v) is 12.9. The van der Waals surface area contributed by atoms with E-state index >= 15 is 0 Å². The maximum Gasteiger partial charge on any atom is 0.343 e. The van der Waals surface area contributed by atoms with Crippen LogP contribution in [0.2, 0.25) is 0 Å². The van der Waals surface area contributed by atoms with Crippen molar-refractivity contribution in [2.45, 2.75) is 45.4 Å². The van der Waals surface area contributed by atoms with E-state index in [4.69, 9.17) is 14.9 Å². The van der Waals surface area contributed by atoms with Crippen LogP contribution in [0.25, 0.3) is 6.08 Å². The van der Waals surface area contributed by atoms with Crippen molar-refractivity contribution >= 4 is 45.8 Å². The summed E-state index contributed by atoms with van der Waals surface area (Å²) in [7, 11) is 1.42. The van der Waals surface area contributed by atoms with E-state index in [0.717, 1.165) is 24.3 Å². The standard InChI is InChI=1S/C27H27FN4O4S/c1-3-4-5-6-7-8-23-31-32-24(29)20(25(33)30-27(32)37-23)15-17-9-14-21(22(16-17)35-2)36-26(34)18-10-12-19(28)13-11-18/h9-16,29H,3-8H2,1-2H3/b20-15-,29-24?. The zero-order valence-corrected chi connectivity index (χ0v) is 21.4. The molecule has 0 aliphatic carbocycles. The van der Waals surface area contributed by atoms with Crippen LogP contribution < -0.4 is 9.47 Å². The molecule has 0 unspecified atom stereocenters. The number of fused-ring (bicyclic) bond motifs is 1. The van der Waals surface area contributed by atoms with Crippen LogP contribution in [0.3, 0.4) is 0 Å². The number of carbonyl (C=O) groups is 2. The number of methoxy groups -OCH3 is 1. The Balaban J connectivity index is 1.48. The third kappa shape index (κ3) is 6.32. The molecule has 2 aliphatic heterocycles. The Morgan fingerprint density at radius 1 is 1.11 bits per heavy atom. The predicted molar refractivity (Wildman–Crippen MR) is 143 cm³/mol. The normalized spacial score (nSPS) is 16.0. The van der Waals surface area contributed by atoms with Gasteiger partial charge in [0.2, 0.25) is 5.17 Å². The molecule has 0 fully saturated rings. The average Bonchev–Trinajstić information content (AvgIpc) is 3.30. The zero-order chi connectivity index (χ0) is 26.4. The quantitative estimate of drug-likeness (QED) is 0.177. The Hall–Kier alpha value is -3.79. The van der Waals surface area contributed by atoms with Gasteiger partial charge in [-0.2, -0.15) is 15.1 Å². The number of nitrogens with one attached hydrogen (secondary N) is 1. The lowest BCUT2D eigenvalue weighted by molar-refractivity contribution is -0.114. The summed E-state index contributed by atoms with van der Waals surface area (Å²) in [5.41, 5.74) is 0.835. The highest BCUT2D eigenvalue weighted by molar-refractivity contribution is 8.26. The van der Waals surface area contributed by atoms with Crippen molar-refractivity contribution in [1.29, 1.82) is 5.41 Å². The summed E-state index contributed by atoms with van der Waals surface area (Å²) in [6.07, 6.45) is 8.04. The molecule has 2 aromatic rings. The summed E-state index contributed by atoms with van der Waals surface area (Å²) in [6.45, 7) is 2.18. The molecule has 2 aliphatic rings. The average molecular weight is 523 g/mol. The summed E-state index contributed by atoms with van der Waals surface area (Å²) in [6, 6.07) is 9.75. The van der Waals surface area contributed by atoms with E-state index in [2.05, 4.69) is 17.0 Å². The maximum absolute atomic E-state index is 13.1. The van der Waals surface area contributed by atoms with Crippen molar-refractivity contribution in [3.05, 3.63) is 65.0 Å². The lowest BCUT2D eigenvalue weighted by atomic mass is 10.1. The number of rotatable bonds is 10. The minimum Gasteiger partial charge on any atom is -0.493 e. The number of thioether (sulfide) groups is 1. The van der Waals surface area contributed by atoms with Crippen LogP contribution in [0, 0.1) is 11.2 Å². The van der Waals surface area contributed by atoms with Gasteiger partial charge in [0.05, 0.1) is 18.2 Å². The number of aliphatic imine (C=N–C) groups is 1. The molecule has 8 nitrogen and oxygen atoms in total. The molecule has 1 amide bonds. The van der Waals surface area contributed by atoms with Crippen LogP contribution in [0.5, 0.6) is 11.5 Å². The molecule has 0 spiro atoms. The number of unbranched alkanes of at least 4 members (excludes halogenated alkanes) is 4. The van der Waals surface area contributed by atoms with Gasteiger partial charge < -0.3 is 9.47 Å². The summed E-state index contributed by atoms with van der Waals surface area (Å²) >= 11 is 1.33. The lowest BCUT2D eigenvalue weighted by Crippen LogP contribution is -2.35. The summed E-state index contributed by atoms with van der Waals surface area (Å²) in [5.74, 6) is -1.27. The van der Waals surface area contributed by atoms with Crippen LogP contribution in [-0.2, 0) is 4.79 Å². The molecule has 4 rings (SSSR count). The summed E-state index contributed by atoms with van der Waals surface area (Å²) in [4.78, 5) is 29.3. The second-order valence-electron chi connectivity index (χ2n) is 8.48. The van der Waals surface area contributed by atoms with E-state index in [0.29, 0.717) is 10.7 Å². The highest BCUT2D eigenvalue weighted by Crippen LogP contribution is 2.32. The van der Waals surface area contributed by atoms with Crippen LogP contribution in [0.4, 0.5) is 4.39 Å². The highest BCUT2D eigenvalue weighted by Gasteiger charge is 2.35. The van der Waals surface area contributed by atoms with Crippen molar-refractivity contribution in [3.8, 4) is 11.5 Å². The Kier molecular flexibility index (Phi) is 8.50. The van der Waals surface area contributed by atoms with Gasteiger partial charge in [-0.3, -0.25) is 10.2 Å². The van der Waals surface area contributed by atoms with Crippen LogP contribution in [-0.4, -0.2) is 40.0 Å². The Morgan fingerprint density at radius 3 is 2.59 bits per heavy atom. The number of halogens is 1. The molecule has 0 saturated carbocycles. The van der Waals surface area contributed by atoms with Gasteiger partial charge in [-0.15, -0.1) is 0 Å². The Labute approximate surface area is 218 Å². The van der Waals surface area contributed by atoms with Gasteiger partial charge in [0.15, 0.2) is 17.3 Å². The SMILES string of the molecule is CCCCCCCC1=NN2C(=N)/C(=C/c3ccc(OC(=O)c4ccc(F)cc4)c(OC)c3)C(=O)N=C2S1. The number of hydrogen-bond donors (Lipinski definition) is 1. The number of hydrogen-bond acceptors (Lipinski definition) is 7. The molecule has 192 valence electrons. The zero-order valence-electron chi connectivity index (χ0n) is 20.6. The second kappa shape index (κ2) is 12.0. The Bertz CT molecular complexity index is 1300. The highest BCUT2D eigenvalue weighted by atomic mass is 32.2. The number of carbonyl (C=O) groups excluding carboxylic acids is 2. The molecule has 2 aromatic carbocycles. The van der Waals surface area contributed by atoms with Gasteiger partial charge in [0.1, 0.15) is 10.9 Å². The number of amidine groups is 2. The fraction of sp³-hybridized carbons (Fsp3) is 0.296. The minimum atomic E-state index is -0.666. The third-order valence-corrected chi connectivity index (χ3v) is 6.74. The van der Waals surface area contributed by atoms with Gasteiger partial charge in [-0.1, -0.05) is 38.7 Å². The molecule has 0 aromatic heterocycles. The van der Waals surface area contributed by atoms with Crippen molar-refractivity contribution < 1.29 is 23.5 Å². The number of esters is 1. The van der Waals surface area contributed by atoms with Gasteiger partial charge in [0.25, 0.3) is 5.91 Å². The van der Waals surface area contributed by atoms with Crippen molar-refractivity contribution in [2.75, 3.05) is 7.11 Å². The van der Waals surface area contributed by atoms with Crippen LogP contribution in [0.1, 0.15) is 61.4 Å². The number of hydrazone groups is 1. The van der Waals surface area contributed by atoms with Crippen molar-refractivity contribution in [3.63, 3.8) is 0 Å². The first-order valence-electron chi connectivity index (χ1n) is 12.0. The largest absolute Gasteiger partial charge is 0.493 e. The number of benzene rings is 2. The molecule has 0 saturated heterocycles. The predicted octanol–water partition coefficient (Wildman–Crippen LogP) is 6.03. The second-order valence-corrected chi connectivity index (χ2v) is 9.53. The molecule has 0 radical (unpaired) electrons. The molecular formula is C27H27FN4O4S. The number of nitrogens with zero attached hydrogens (tertiary/aromatic N) is 3. The number of ether oxygens (including phenoxy) is 2. The van der Waals surface area contributed by atoms with E-state index in [1.54, 1.807) is 12.1 Å². The smallest absolute Gasteiger partial charge is 0.343 e. The first-order chi connectivity index (χ1) is 17.9. The van der Waals surface area contributed by atoms with Gasteiger partial charge in [-0.05, 0) is 72.6 Å². The van der Waals surface area contributed by atoms with E-state index in [-0.39, 0.29) is 28.5 Å². The Morgan fingerprint density at radius 2 is 1.86 bits per heavy atom. The van der Waals surface area contributed by atoms with Gasteiger partial charge in [0, 0.05) is 0 Å². The molecule has 0 atom stereocenters. The molecule has 37 heavy (non-hydrogen) atoms. The molecule has 2 heterocycles. The maximum atomic E-state index is 13.1. The van der Waals surface area contributed by atoms with E-state index in [1.165, 1.54) is 79.6 Å². The number of amides is 1. The fourth-order valence-electron chi connectivity index (χ4n) is 3.78. The fourth-order valence-corrected chi connectivity index (χ4v) is 4.71. The molecule has 1 N–H and O–H groups in total. The first kappa shape index (κ1) is 26.3. The van der Waals surface area contributed by atoms with Crippen molar-refractivity contribution in [1.82, 2.24) is 5.01 Å². The van der Waals surface area contributed by atoms with Gasteiger partial charge in [-0.25, -0.2) is 9.18 Å². The topological polar surface area (TPSA) is 104 Å². The van der Waals surface area contributed by atoms with E-state index in [1.807, 2.05) is 0 Å². The molecule has 10 heteroatoms. The lowest BCUT2D eigenvalue weighted by Gasteiger charge is -2.20. The van der Waals surface area contributed by atoms with Crippen LogP contribution >= 0.6 is 11.8 Å². The van der Waals surface area contributed by atoms with Gasteiger partial charge >= 0.3 is 5.97 Å².